The van der Waals surface area contributed by atoms with Crippen LogP contribution in [-0.4, -0.2) is 36.2 Å². The van der Waals surface area contributed by atoms with E-state index < -0.39 is 21.7 Å². The Bertz CT molecular complexity index is 1450. The lowest BCUT2D eigenvalue weighted by molar-refractivity contribution is 0.0983. The van der Waals surface area contributed by atoms with E-state index in [1.807, 2.05) is 6.92 Å². The van der Waals surface area contributed by atoms with Gasteiger partial charge in [-0.25, -0.2) is 17.8 Å². The number of hydrogen-bond acceptors (Lipinski definition) is 6. The Labute approximate surface area is 206 Å². The molecular weight excluding hydrogens is 489 g/mol. The first-order valence-electron chi connectivity index (χ1n) is 11.4. The summed E-state index contributed by atoms with van der Waals surface area (Å²) in [5.74, 6) is -0.315. The monoisotopic (exact) mass is 513 g/mol. The number of nitrogens with zero attached hydrogens (tertiary/aromatic N) is 3. The molecule has 4 aromatic rings. The van der Waals surface area contributed by atoms with Gasteiger partial charge in [-0.1, -0.05) is 23.8 Å². The number of benzene rings is 2. The van der Waals surface area contributed by atoms with E-state index in [4.69, 9.17) is 4.42 Å². The standard InChI is InChI=1S/C25H24FN3O4S2/c1-17-6-2-3-14-29(17)35(31,32)20-12-10-18(11-13-20)24(30)28(16-19-7-5-15-33-19)25-27-23-21(26)8-4-9-22(23)34-25/h4-5,7-13,15,17H,2-3,6,14,16H2,1H3. The molecule has 0 N–H and O–H groups in total. The molecule has 0 saturated carbocycles. The molecule has 10 heteroatoms. The molecule has 2 aromatic heterocycles. The first-order valence-corrected chi connectivity index (χ1v) is 13.6. The number of hydrogen-bond donors (Lipinski definition) is 0. The van der Waals surface area contributed by atoms with Gasteiger partial charge in [0.15, 0.2) is 5.13 Å². The van der Waals surface area contributed by atoms with Gasteiger partial charge in [0.25, 0.3) is 5.91 Å². The summed E-state index contributed by atoms with van der Waals surface area (Å²) in [6.07, 6.45) is 4.20. The van der Waals surface area contributed by atoms with Crippen LogP contribution in [0.1, 0.15) is 42.3 Å². The van der Waals surface area contributed by atoms with Crippen LogP contribution >= 0.6 is 11.3 Å². The van der Waals surface area contributed by atoms with E-state index in [0.29, 0.717) is 27.7 Å². The predicted molar refractivity (Wildman–Crippen MR) is 132 cm³/mol. The zero-order valence-corrected chi connectivity index (χ0v) is 20.7. The highest BCUT2D eigenvalue weighted by molar-refractivity contribution is 7.89. The minimum Gasteiger partial charge on any atom is -0.467 e. The van der Waals surface area contributed by atoms with Crippen molar-refractivity contribution in [3.63, 3.8) is 0 Å². The van der Waals surface area contributed by atoms with Crippen molar-refractivity contribution in [3.8, 4) is 0 Å². The normalized spacial score (nSPS) is 17.0. The number of aromatic nitrogens is 1. The lowest BCUT2D eigenvalue weighted by Crippen LogP contribution is -2.41. The van der Waals surface area contributed by atoms with Gasteiger partial charge in [0.1, 0.15) is 17.1 Å². The summed E-state index contributed by atoms with van der Waals surface area (Å²) in [7, 11) is -3.65. The summed E-state index contributed by atoms with van der Waals surface area (Å²) in [6.45, 7) is 2.51. The number of halogens is 1. The molecule has 1 fully saturated rings. The SMILES string of the molecule is CC1CCCCN1S(=O)(=O)c1ccc(C(=O)N(Cc2ccco2)c2nc3c(F)cccc3s2)cc1. The number of para-hydroxylation sites is 1. The maximum atomic E-state index is 14.3. The minimum atomic E-state index is -3.65. The van der Waals surface area contributed by atoms with Crippen LogP contribution in [0, 0.1) is 5.82 Å². The fourth-order valence-electron chi connectivity index (χ4n) is 4.29. The average Bonchev–Trinajstić information content (AvgIpc) is 3.53. The molecule has 1 unspecified atom stereocenters. The molecule has 1 saturated heterocycles. The third-order valence-electron chi connectivity index (χ3n) is 6.18. The number of anilines is 1. The van der Waals surface area contributed by atoms with Crippen LogP contribution in [0.25, 0.3) is 10.2 Å². The molecule has 1 amide bonds. The van der Waals surface area contributed by atoms with E-state index in [0.717, 1.165) is 19.3 Å². The highest BCUT2D eigenvalue weighted by atomic mass is 32.2. The molecule has 1 aliphatic heterocycles. The molecule has 0 aliphatic carbocycles. The second-order valence-corrected chi connectivity index (χ2v) is 11.4. The van der Waals surface area contributed by atoms with E-state index in [2.05, 4.69) is 4.98 Å². The summed E-state index contributed by atoms with van der Waals surface area (Å²) >= 11 is 1.20. The number of fused-ring (bicyclic) bond motifs is 1. The zero-order chi connectivity index (χ0) is 24.6. The van der Waals surface area contributed by atoms with Crippen LogP contribution in [-0.2, 0) is 16.6 Å². The first kappa shape index (κ1) is 23.7. The van der Waals surface area contributed by atoms with Crippen molar-refractivity contribution in [1.82, 2.24) is 9.29 Å². The van der Waals surface area contributed by atoms with Gasteiger partial charge in [-0.3, -0.25) is 9.69 Å². The Morgan fingerprint density at radius 3 is 2.66 bits per heavy atom. The highest BCUT2D eigenvalue weighted by Crippen LogP contribution is 2.32. The van der Waals surface area contributed by atoms with Crippen molar-refractivity contribution >= 4 is 42.6 Å². The highest BCUT2D eigenvalue weighted by Gasteiger charge is 2.31. The zero-order valence-electron chi connectivity index (χ0n) is 19.1. The molecule has 1 atom stereocenters. The molecule has 5 rings (SSSR count). The van der Waals surface area contributed by atoms with Gasteiger partial charge < -0.3 is 4.42 Å². The molecule has 0 bridgehead atoms. The topological polar surface area (TPSA) is 83.7 Å². The van der Waals surface area contributed by atoms with E-state index in [-0.39, 0.29) is 23.0 Å². The van der Waals surface area contributed by atoms with Gasteiger partial charge in [-0.2, -0.15) is 4.31 Å². The van der Waals surface area contributed by atoms with Gasteiger partial charge in [0, 0.05) is 18.2 Å². The molecule has 0 spiro atoms. The first-order chi connectivity index (χ1) is 16.8. The quantitative estimate of drug-likeness (QED) is 0.343. The molecule has 0 radical (unpaired) electrons. The Balaban J connectivity index is 1.47. The number of sulfonamides is 1. The van der Waals surface area contributed by atoms with Crippen molar-refractivity contribution < 1.29 is 22.0 Å². The minimum absolute atomic E-state index is 0.0572. The van der Waals surface area contributed by atoms with Crippen LogP contribution in [0.3, 0.4) is 0 Å². The Kier molecular flexibility index (Phi) is 6.43. The van der Waals surface area contributed by atoms with Crippen LogP contribution < -0.4 is 4.90 Å². The third-order valence-corrected chi connectivity index (χ3v) is 9.25. The van der Waals surface area contributed by atoms with Crippen LogP contribution in [0.15, 0.2) is 70.2 Å². The van der Waals surface area contributed by atoms with Crippen molar-refractivity contribution in [2.75, 3.05) is 11.4 Å². The number of thiazole rings is 1. The van der Waals surface area contributed by atoms with Crippen LogP contribution in [0.4, 0.5) is 9.52 Å². The molecular formula is C25H24FN3O4S2. The summed E-state index contributed by atoms with van der Waals surface area (Å²) in [4.78, 5) is 19.5. The van der Waals surface area contributed by atoms with Gasteiger partial charge in [0.05, 0.1) is 22.4 Å². The number of furan rings is 1. The number of piperidine rings is 1. The van der Waals surface area contributed by atoms with Crippen molar-refractivity contribution in [1.29, 1.82) is 0 Å². The summed E-state index contributed by atoms with van der Waals surface area (Å²) in [6, 6.07) is 14.0. The van der Waals surface area contributed by atoms with Gasteiger partial charge in [0.2, 0.25) is 10.0 Å². The number of rotatable bonds is 6. The van der Waals surface area contributed by atoms with Crippen molar-refractivity contribution in [2.45, 2.75) is 43.7 Å². The number of carbonyl (C=O) groups excluding carboxylic acids is 1. The molecule has 3 heterocycles. The number of carbonyl (C=O) groups is 1. The second-order valence-electron chi connectivity index (χ2n) is 8.54. The molecule has 1 aliphatic rings. The maximum Gasteiger partial charge on any atom is 0.260 e. The Hall–Kier alpha value is -3.08. The predicted octanol–water partition coefficient (Wildman–Crippen LogP) is 5.44. The molecule has 35 heavy (non-hydrogen) atoms. The Morgan fingerprint density at radius 1 is 1.17 bits per heavy atom. The smallest absolute Gasteiger partial charge is 0.260 e. The van der Waals surface area contributed by atoms with Gasteiger partial charge in [-0.15, -0.1) is 0 Å². The van der Waals surface area contributed by atoms with Gasteiger partial charge >= 0.3 is 0 Å². The fraction of sp³-hybridized carbons (Fsp3) is 0.280. The number of amides is 1. The van der Waals surface area contributed by atoms with E-state index in [1.165, 1.54) is 57.1 Å². The van der Waals surface area contributed by atoms with Crippen molar-refractivity contribution in [2.24, 2.45) is 0 Å². The molecule has 182 valence electrons. The summed E-state index contributed by atoms with van der Waals surface area (Å²) < 4.78 is 48.2. The summed E-state index contributed by atoms with van der Waals surface area (Å²) in [5, 5.41) is 0.324. The maximum absolute atomic E-state index is 14.3. The summed E-state index contributed by atoms with van der Waals surface area (Å²) in [5.41, 5.74) is 0.490. The average molecular weight is 514 g/mol. The molecule has 7 nitrogen and oxygen atoms in total. The van der Waals surface area contributed by atoms with E-state index in [9.17, 15) is 17.6 Å². The third kappa shape index (κ3) is 4.61. The van der Waals surface area contributed by atoms with E-state index in [1.54, 1.807) is 24.3 Å². The van der Waals surface area contributed by atoms with E-state index >= 15 is 0 Å². The largest absolute Gasteiger partial charge is 0.467 e. The Morgan fingerprint density at radius 2 is 1.97 bits per heavy atom. The van der Waals surface area contributed by atoms with Crippen LogP contribution in [0.5, 0.6) is 0 Å². The van der Waals surface area contributed by atoms with Crippen LogP contribution in [0.2, 0.25) is 0 Å². The lowest BCUT2D eigenvalue weighted by atomic mass is 10.1. The fourth-order valence-corrected chi connectivity index (χ4v) is 6.97. The van der Waals surface area contributed by atoms with Gasteiger partial charge in [-0.05, 0) is 68.3 Å². The van der Waals surface area contributed by atoms with Crippen molar-refractivity contribution in [3.05, 3.63) is 78.0 Å². The lowest BCUT2D eigenvalue weighted by Gasteiger charge is -2.32. The molecule has 2 aromatic carbocycles. The second kappa shape index (κ2) is 9.52.